The predicted molar refractivity (Wildman–Crippen MR) is 71.0 cm³/mol. The summed E-state index contributed by atoms with van der Waals surface area (Å²) in [6.45, 7) is 11.1. The molecule has 100 valence electrons. The predicted octanol–water partition coefficient (Wildman–Crippen LogP) is 0.785. The Bertz CT molecular complexity index is 237. The number of piperazine rings is 1. The van der Waals surface area contributed by atoms with Crippen LogP contribution < -0.4 is 5.32 Å². The maximum Gasteiger partial charge on any atom is 0.226 e. The van der Waals surface area contributed by atoms with Gasteiger partial charge in [0.15, 0.2) is 0 Å². The van der Waals surface area contributed by atoms with E-state index in [0.29, 0.717) is 11.9 Å². The van der Waals surface area contributed by atoms with E-state index in [4.69, 9.17) is 0 Å². The van der Waals surface area contributed by atoms with Crippen molar-refractivity contribution < 1.29 is 4.79 Å². The van der Waals surface area contributed by atoms with Crippen molar-refractivity contribution in [2.75, 3.05) is 39.8 Å². The highest BCUT2D eigenvalue weighted by atomic mass is 16.2. The molecule has 0 spiro atoms. The number of rotatable bonds is 5. The molecule has 17 heavy (non-hydrogen) atoms. The van der Waals surface area contributed by atoms with Crippen molar-refractivity contribution in [2.45, 2.75) is 33.2 Å². The van der Waals surface area contributed by atoms with Gasteiger partial charge in [0.2, 0.25) is 5.91 Å². The average molecular weight is 241 g/mol. The largest absolute Gasteiger partial charge is 0.340 e. The van der Waals surface area contributed by atoms with Crippen LogP contribution in [0.3, 0.4) is 0 Å². The second kappa shape index (κ2) is 6.97. The molecule has 1 N–H and O–H groups in total. The van der Waals surface area contributed by atoms with Gasteiger partial charge in [0.05, 0.1) is 0 Å². The summed E-state index contributed by atoms with van der Waals surface area (Å²) in [4.78, 5) is 16.6. The number of hydrogen-bond donors (Lipinski definition) is 1. The Labute approximate surface area is 105 Å². The van der Waals surface area contributed by atoms with Gasteiger partial charge in [0.1, 0.15) is 0 Å². The Morgan fingerprint density at radius 1 is 1.24 bits per heavy atom. The maximum atomic E-state index is 12.1. The summed E-state index contributed by atoms with van der Waals surface area (Å²) in [5.74, 6) is 0.387. The molecule has 0 saturated carbocycles. The Morgan fingerprint density at radius 2 is 1.82 bits per heavy atom. The van der Waals surface area contributed by atoms with E-state index in [2.05, 4.69) is 24.1 Å². The van der Waals surface area contributed by atoms with Crippen LogP contribution in [0.1, 0.15) is 27.2 Å². The van der Waals surface area contributed by atoms with Crippen molar-refractivity contribution in [3.05, 3.63) is 0 Å². The van der Waals surface area contributed by atoms with Crippen LogP contribution in [-0.4, -0.2) is 61.5 Å². The van der Waals surface area contributed by atoms with Gasteiger partial charge in [-0.25, -0.2) is 0 Å². The fourth-order valence-corrected chi connectivity index (χ4v) is 2.35. The van der Waals surface area contributed by atoms with Crippen molar-refractivity contribution in [1.82, 2.24) is 15.1 Å². The van der Waals surface area contributed by atoms with E-state index in [0.717, 1.165) is 32.7 Å². The Morgan fingerprint density at radius 3 is 2.29 bits per heavy atom. The van der Waals surface area contributed by atoms with E-state index in [1.165, 1.54) is 6.42 Å². The molecular weight excluding hydrogens is 214 g/mol. The van der Waals surface area contributed by atoms with E-state index in [-0.39, 0.29) is 5.92 Å². The standard InChI is InChI=1S/C13H27N3O/c1-5-12(3)15-6-8-16(9-7-15)13(17)11(2)10-14-4/h11-12,14H,5-10H2,1-4H3. The summed E-state index contributed by atoms with van der Waals surface area (Å²) < 4.78 is 0. The second-order valence-electron chi connectivity index (χ2n) is 5.08. The van der Waals surface area contributed by atoms with Crippen LogP contribution >= 0.6 is 0 Å². The van der Waals surface area contributed by atoms with Crippen molar-refractivity contribution in [2.24, 2.45) is 5.92 Å². The summed E-state index contributed by atoms with van der Waals surface area (Å²) in [6, 6.07) is 0.641. The van der Waals surface area contributed by atoms with Crippen molar-refractivity contribution in [1.29, 1.82) is 0 Å². The summed E-state index contributed by atoms with van der Waals surface area (Å²) >= 11 is 0. The SMILES string of the molecule is CCC(C)N1CCN(C(=O)C(C)CNC)CC1. The summed E-state index contributed by atoms with van der Waals surface area (Å²) in [6.07, 6.45) is 1.18. The van der Waals surface area contributed by atoms with Crippen molar-refractivity contribution in [3.63, 3.8) is 0 Å². The summed E-state index contributed by atoms with van der Waals surface area (Å²) in [7, 11) is 1.89. The molecule has 0 aromatic carbocycles. The summed E-state index contributed by atoms with van der Waals surface area (Å²) in [5, 5.41) is 3.07. The molecular formula is C13H27N3O. The van der Waals surface area contributed by atoms with E-state index in [1.54, 1.807) is 0 Å². The van der Waals surface area contributed by atoms with Crippen LogP contribution in [0.5, 0.6) is 0 Å². The topological polar surface area (TPSA) is 35.6 Å². The zero-order valence-electron chi connectivity index (χ0n) is 11.7. The molecule has 1 saturated heterocycles. The highest BCUT2D eigenvalue weighted by molar-refractivity contribution is 5.78. The van der Waals surface area contributed by atoms with Gasteiger partial charge in [-0.05, 0) is 20.4 Å². The monoisotopic (exact) mass is 241 g/mol. The molecule has 4 heteroatoms. The minimum Gasteiger partial charge on any atom is -0.340 e. The molecule has 1 heterocycles. The number of carbonyl (C=O) groups excluding carboxylic acids is 1. The van der Waals surface area contributed by atoms with Crippen LogP contribution in [-0.2, 0) is 4.79 Å². The second-order valence-corrected chi connectivity index (χ2v) is 5.08. The van der Waals surface area contributed by atoms with Gasteiger partial charge >= 0.3 is 0 Å². The van der Waals surface area contributed by atoms with Crippen LogP contribution in [0.15, 0.2) is 0 Å². The average Bonchev–Trinajstić information content (AvgIpc) is 2.37. The molecule has 4 nitrogen and oxygen atoms in total. The zero-order chi connectivity index (χ0) is 12.8. The Kier molecular flexibility index (Phi) is 5.92. The minimum atomic E-state index is 0.0927. The Hall–Kier alpha value is -0.610. The first-order chi connectivity index (χ1) is 8.10. The molecule has 0 bridgehead atoms. The maximum absolute atomic E-state index is 12.1. The van der Waals surface area contributed by atoms with Gasteiger partial charge in [0.25, 0.3) is 0 Å². The number of carbonyl (C=O) groups is 1. The van der Waals surface area contributed by atoms with Gasteiger partial charge in [-0.15, -0.1) is 0 Å². The molecule has 0 aromatic heterocycles. The van der Waals surface area contributed by atoms with Crippen molar-refractivity contribution >= 4 is 5.91 Å². The summed E-state index contributed by atoms with van der Waals surface area (Å²) in [5.41, 5.74) is 0. The minimum absolute atomic E-state index is 0.0927. The lowest BCUT2D eigenvalue weighted by atomic mass is 10.1. The third-order valence-corrected chi connectivity index (χ3v) is 3.77. The lowest BCUT2D eigenvalue weighted by molar-refractivity contribution is -0.136. The molecule has 1 aliphatic heterocycles. The molecule has 0 aliphatic carbocycles. The van der Waals surface area contributed by atoms with Crippen LogP contribution in [0.4, 0.5) is 0 Å². The van der Waals surface area contributed by atoms with Gasteiger partial charge in [-0.2, -0.15) is 0 Å². The van der Waals surface area contributed by atoms with E-state index >= 15 is 0 Å². The molecule has 0 radical (unpaired) electrons. The molecule has 0 aromatic rings. The number of hydrogen-bond acceptors (Lipinski definition) is 3. The van der Waals surface area contributed by atoms with E-state index < -0.39 is 0 Å². The molecule has 1 fully saturated rings. The third-order valence-electron chi connectivity index (χ3n) is 3.77. The molecule has 2 unspecified atom stereocenters. The first-order valence-corrected chi connectivity index (χ1v) is 6.77. The first kappa shape index (κ1) is 14.5. The van der Waals surface area contributed by atoms with Gasteiger partial charge in [0, 0.05) is 44.7 Å². The van der Waals surface area contributed by atoms with Crippen LogP contribution in [0.25, 0.3) is 0 Å². The van der Waals surface area contributed by atoms with Crippen molar-refractivity contribution in [3.8, 4) is 0 Å². The van der Waals surface area contributed by atoms with Crippen LogP contribution in [0.2, 0.25) is 0 Å². The number of amides is 1. The fourth-order valence-electron chi connectivity index (χ4n) is 2.35. The molecule has 1 amide bonds. The lowest BCUT2D eigenvalue weighted by Crippen LogP contribution is -2.52. The van der Waals surface area contributed by atoms with Gasteiger partial charge in [-0.1, -0.05) is 13.8 Å². The third kappa shape index (κ3) is 3.96. The Balaban J connectivity index is 2.38. The van der Waals surface area contributed by atoms with Gasteiger partial charge < -0.3 is 10.2 Å². The molecule has 1 aliphatic rings. The zero-order valence-corrected chi connectivity index (χ0v) is 11.7. The lowest BCUT2D eigenvalue weighted by Gasteiger charge is -2.38. The highest BCUT2D eigenvalue weighted by Gasteiger charge is 2.25. The van der Waals surface area contributed by atoms with Gasteiger partial charge in [-0.3, -0.25) is 9.69 Å². The normalized spacial score (nSPS) is 21.3. The van der Waals surface area contributed by atoms with Crippen LogP contribution in [0, 0.1) is 5.92 Å². The van der Waals surface area contributed by atoms with E-state index in [9.17, 15) is 4.79 Å². The highest BCUT2D eigenvalue weighted by Crippen LogP contribution is 2.11. The van der Waals surface area contributed by atoms with E-state index in [1.807, 2.05) is 18.9 Å². The number of nitrogens with zero attached hydrogens (tertiary/aromatic N) is 2. The first-order valence-electron chi connectivity index (χ1n) is 6.77. The smallest absolute Gasteiger partial charge is 0.226 e. The molecule has 1 rings (SSSR count). The fraction of sp³-hybridized carbons (Fsp3) is 0.923. The quantitative estimate of drug-likeness (QED) is 0.773. The molecule has 2 atom stereocenters. The number of nitrogens with one attached hydrogen (secondary N) is 1.